The molecule has 0 bridgehead atoms. The Morgan fingerprint density at radius 3 is 2.53 bits per heavy atom. The molecule has 1 saturated carbocycles. The molecule has 1 N–H and O–H groups in total. The molecule has 1 fully saturated rings. The Labute approximate surface area is 112 Å². The van der Waals surface area contributed by atoms with Crippen molar-refractivity contribution in [3.05, 3.63) is 15.9 Å². The minimum absolute atomic E-state index is 0.399. The van der Waals surface area contributed by atoms with Crippen LogP contribution in [-0.4, -0.2) is 15.3 Å². The summed E-state index contributed by atoms with van der Waals surface area (Å²) in [5.74, 6) is 0. The normalized spacial score (nSPS) is 18.1. The molecule has 1 aromatic heterocycles. The number of aromatic nitrogens is 2. The van der Waals surface area contributed by atoms with Crippen LogP contribution in [0.1, 0.15) is 50.9 Å². The third kappa shape index (κ3) is 2.43. The van der Waals surface area contributed by atoms with Crippen LogP contribution < -0.4 is 5.32 Å². The fourth-order valence-corrected chi connectivity index (χ4v) is 3.30. The summed E-state index contributed by atoms with van der Waals surface area (Å²) in [6, 6.07) is 0. The van der Waals surface area contributed by atoms with Crippen LogP contribution in [0.5, 0.6) is 0 Å². The van der Waals surface area contributed by atoms with E-state index in [1.165, 1.54) is 35.8 Å². The molecule has 3 nitrogen and oxygen atoms in total. The van der Waals surface area contributed by atoms with E-state index in [1.807, 2.05) is 11.7 Å². The topological polar surface area (TPSA) is 29.9 Å². The maximum atomic E-state index is 4.53. The number of aryl methyl sites for hydroxylation is 2. The van der Waals surface area contributed by atoms with Crippen molar-refractivity contribution in [3.63, 3.8) is 0 Å². The molecule has 96 valence electrons. The Bertz CT molecular complexity index is 388. The van der Waals surface area contributed by atoms with Gasteiger partial charge in [-0.3, -0.25) is 4.68 Å². The Balaban J connectivity index is 2.06. The lowest BCUT2D eigenvalue weighted by molar-refractivity contribution is 0.174. The van der Waals surface area contributed by atoms with Crippen molar-refractivity contribution in [3.8, 4) is 0 Å². The summed E-state index contributed by atoms with van der Waals surface area (Å²) in [6.45, 7) is 5.34. The monoisotopic (exact) mass is 299 g/mol. The Hall–Kier alpha value is -0.350. The molecular formula is C13H22BrN3. The summed E-state index contributed by atoms with van der Waals surface area (Å²) in [4.78, 5) is 0. The zero-order valence-electron chi connectivity index (χ0n) is 11.0. The summed E-state index contributed by atoms with van der Waals surface area (Å²) >= 11 is 3.67. The van der Waals surface area contributed by atoms with E-state index >= 15 is 0 Å². The van der Waals surface area contributed by atoms with Gasteiger partial charge in [-0.1, -0.05) is 13.8 Å². The highest BCUT2D eigenvalue weighted by molar-refractivity contribution is 9.10. The third-order valence-corrected chi connectivity index (χ3v) is 5.04. The van der Waals surface area contributed by atoms with Crippen molar-refractivity contribution in [1.82, 2.24) is 15.1 Å². The molecule has 0 unspecified atom stereocenters. The van der Waals surface area contributed by atoms with Gasteiger partial charge in [-0.15, -0.1) is 0 Å². The molecule has 1 aliphatic carbocycles. The Morgan fingerprint density at radius 1 is 1.41 bits per heavy atom. The van der Waals surface area contributed by atoms with Crippen molar-refractivity contribution >= 4 is 15.9 Å². The summed E-state index contributed by atoms with van der Waals surface area (Å²) in [5.41, 5.74) is 2.82. The first-order chi connectivity index (χ1) is 8.12. The second-order valence-corrected chi connectivity index (χ2v) is 5.82. The standard InChI is InChI=1S/C13H22BrN3/c1-4-10-12(14)11(17(3)16-10)9-15-13(5-2)7-6-8-13/h15H,4-9H2,1-3H3. The van der Waals surface area contributed by atoms with Crippen LogP contribution in [-0.2, 0) is 20.0 Å². The van der Waals surface area contributed by atoms with Crippen molar-refractivity contribution in [1.29, 1.82) is 0 Å². The maximum absolute atomic E-state index is 4.53. The quantitative estimate of drug-likeness (QED) is 0.905. The zero-order chi connectivity index (χ0) is 12.5. The van der Waals surface area contributed by atoms with Gasteiger partial charge in [0.25, 0.3) is 0 Å². The molecule has 0 radical (unpaired) electrons. The van der Waals surface area contributed by atoms with Crippen LogP contribution in [0, 0.1) is 0 Å². The van der Waals surface area contributed by atoms with Crippen LogP contribution in [0.25, 0.3) is 0 Å². The lowest BCUT2D eigenvalue weighted by Gasteiger charge is -2.42. The van der Waals surface area contributed by atoms with Gasteiger partial charge in [0.15, 0.2) is 0 Å². The van der Waals surface area contributed by atoms with Crippen molar-refractivity contribution in [2.24, 2.45) is 7.05 Å². The summed E-state index contributed by atoms with van der Waals surface area (Å²) in [6.07, 6.45) is 6.21. The molecule has 0 spiro atoms. The van der Waals surface area contributed by atoms with Gasteiger partial charge in [0.05, 0.1) is 15.9 Å². The third-order valence-electron chi connectivity index (χ3n) is 4.12. The van der Waals surface area contributed by atoms with Crippen LogP contribution in [0.2, 0.25) is 0 Å². The van der Waals surface area contributed by atoms with Crippen LogP contribution in [0.15, 0.2) is 4.47 Å². The molecule has 0 atom stereocenters. The molecule has 0 aromatic carbocycles. The molecule has 0 aliphatic heterocycles. The van der Waals surface area contributed by atoms with Gasteiger partial charge in [-0.25, -0.2) is 0 Å². The first-order valence-corrected chi connectivity index (χ1v) is 7.36. The van der Waals surface area contributed by atoms with Gasteiger partial charge in [0, 0.05) is 19.1 Å². The van der Waals surface area contributed by atoms with Gasteiger partial charge < -0.3 is 5.32 Å². The van der Waals surface area contributed by atoms with E-state index in [4.69, 9.17) is 0 Å². The average molecular weight is 300 g/mol. The van der Waals surface area contributed by atoms with Crippen molar-refractivity contribution < 1.29 is 0 Å². The summed E-state index contributed by atoms with van der Waals surface area (Å²) < 4.78 is 3.18. The van der Waals surface area contributed by atoms with E-state index in [0.29, 0.717) is 5.54 Å². The zero-order valence-corrected chi connectivity index (χ0v) is 12.6. The predicted molar refractivity (Wildman–Crippen MR) is 74.0 cm³/mol. The van der Waals surface area contributed by atoms with Gasteiger partial charge >= 0.3 is 0 Å². The van der Waals surface area contributed by atoms with E-state index in [9.17, 15) is 0 Å². The van der Waals surface area contributed by atoms with Crippen LogP contribution in [0.3, 0.4) is 0 Å². The highest BCUT2D eigenvalue weighted by Gasteiger charge is 2.34. The fraction of sp³-hybridized carbons (Fsp3) is 0.769. The number of nitrogens with zero attached hydrogens (tertiary/aromatic N) is 2. The Kier molecular flexibility index (Phi) is 3.93. The highest BCUT2D eigenvalue weighted by atomic mass is 79.9. The van der Waals surface area contributed by atoms with Crippen LogP contribution in [0.4, 0.5) is 0 Å². The van der Waals surface area contributed by atoms with Gasteiger partial charge in [-0.05, 0) is 48.0 Å². The Morgan fingerprint density at radius 2 is 2.12 bits per heavy atom. The van der Waals surface area contributed by atoms with Gasteiger partial charge in [-0.2, -0.15) is 5.10 Å². The molecule has 2 rings (SSSR count). The number of rotatable bonds is 5. The lowest BCUT2D eigenvalue weighted by Crippen LogP contribution is -2.50. The number of nitrogens with one attached hydrogen (secondary N) is 1. The van der Waals surface area contributed by atoms with Gasteiger partial charge in [0.2, 0.25) is 0 Å². The predicted octanol–water partition coefficient (Wildman–Crippen LogP) is 3.17. The van der Waals surface area contributed by atoms with Crippen molar-refractivity contribution in [2.45, 2.75) is 58.0 Å². The molecular weight excluding hydrogens is 278 g/mol. The molecule has 1 heterocycles. The fourth-order valence-electron chi connectivity index (χ4n) is 2.54. The molecule has 1 aromatic rings. The molecule has 0 saturated heterocycles. The van der Waals surface area contributed by atoms with E-state index in [2.05, 4.69) is 40.2 Å². The number of halogens is 1. The summed E-state index contributed by atoms with van der Waals surface area (Å²) in [5, 5.41) is 8.26. The average Bonchev–Trinajstić information content (AvgIpc) is 2.54. The van der Waals surface area contributed by atoms with Crippen LogP contribution >= 0.6 is 15.9 Å². The number of hydrogen-bond acceptors (Lipinski definition) is 2. The SMILES string of the molecule is CCc1nn(C)c(CNC2(CC)CCC2)c1Br. The maximum Gasteiger partial charge on any atom is 0.0767 e. The van der Waals surface area contributed by atoms with E-state index in [1.54, 1.807) is 0 Å². The highest BCUT2D eigenvalue weighted by Crippen LogP contribution is 2.35. The first-order valence-electron chi connectivity index (χ1n) is 6.57. The van der Waals surface area contributed by atoms with E-state index in [-0.39, 0.29) is 0 Å². The minimum Gasteiger partial charge on any atom is -0.306 e. The minimum atomic E-state index is 0.399. The van der Waals surface area contributed by atoms with E-state index < -0.39 is 0 Å². The summed E-state index contributed by atoms with van der Waals surface area (Å²) in [7, 11) is 2.03. The largest absolute Gasteiger partial charge is 0.306 e. The second kappa shape index (κ2) is 5.11. The number of hydrogen-bond donors (Lipinski definition) is 1. The second-order valence-electron chi connectivity index (χ2n) is 5.03. The smallest absolute Gasteiger partial charge is 0.0767 e. The molecule has 0 amide bonds. The van der Waals surface area contributed by atoms with Crippen molar-refractivity contribution in [2.75, 3.05) is 0 Å². The van der Waals surface area contributed by atoms with Gasteiger partial charge in [0.1, 0.15) is 0 Å². The molecule has 1 aliphatic rings. The lowest BCUT2D eigenvalue weighted by atomic mass is 9.75. The first kappa shape index (κ1) is 13.1. The molecule has 17 heavy (non-hydrogen) atoms. The van der Waals surface area contributed by atoms with E-state index in [0.717, 1.165) is 18.7 Å². The molecule has 4 heteroatoms.